The Morgan fingerprint density at radius 1 is 1.05 bits per heavy atom. The predicted octanol–water partition coefficient (Wildman–Crippen LogP) is 2.82. The van der Waals surface area contributed by atoms with E-state index in [0.29, 0.717) is 28.9 Å². The molecule has 216 valence electrons. The van der Waals surface area contributed by atoms with Crippen molar-refractivity contribution in [3.63, 3.8) is 0 Å². The summed E-state index contributed by atoms with van der Waals surface area (Å²) in [6, 6.07) is 0. The average molecular weight is 571 g/mol. The second kappa shape index (κ2) is 14.7. The normalized spacial score (nSPS) is 12.9. The van der Waals surface area contributed by atoms with Gasteiger partial charge in [0.1, 0.15) is 31.0 Å². The second-order valence-electron chi connectivity index (χ2n) is 8.47. The van der Waals surface area contributed by atoms with Gasteiger partial charge in [0.25, 0.3) is 0 Å². The third-order valence-corrected chi connectivity index (χ3v) is 7.30. The molecule has 0 amide bonds. The summed E-state index contributed by atoms with van der Waals surface area (Å²) in [6.45, 7) is 5.79. The first kappa shape index (κ1) is 31.8. The first-order chi connectivity index (χ1) is 18.5. The molecule has 1 aromatic carbocycles. The molecule has 0 saturated carbocycles. The predicted molar refractivity (Wildman–Crippen MR) is 139 cm³/mol. The van der Waals surface area contributed by atoms with Gasteiger partial charge in [0, 0.05) is 17.5 Å². The first-order valence-corrected chi connectivity index (χ1v) is 14.0. The molecular formula is C25H35N2O11P. The summed E-state index contributed by atoms with van der Waals surface area (Å²) in [7, 11) is -2.84. The Morgan fingerprint density at radius 3 is 2.15 bits per heavy atom. The monoisotopic (exact) mass is 570 g/mol. The van der Waals surface area contributed by atoms with Crippen LogP contribution in [0.1, 0.15) is 60.7 Å². The lowest BCUT2D eigenvalue weighted by molar-refractivity contribution is -0.142. The Bertz CT molecular complexity index is 1150. The van der Waals surface area contributed by atoms with E-state index in [-0.39, 0.29) is 44.0 Å². The number of fused-ring (bicyclic) bond motifs is 1. The lowest BCUT2D eigenvalue weighted by atomic mass is 9.94. The molecule has 3 N–H and O–H groups in total. The zero-order valence-corrected chi connectivity index (χ0v) is 23.6. The molecule has 1 aliphatic heterocycles. The third-order valence-electron chi connectivity index (χ3n) is 5.71. The fourth-order valence-corrected chi connectivity index (χ4v) is 5.18. The van der Waals surface area contributed by atoms with Crippen molar-refractivity contribution in [3.8, 4) is 11.5 Å². The molecule has 0 bridgehead atoms. The maximum Gasteiger partial charge on any atom is 0.391 e. The molecule has 1 aromatic rings. The van der Waals surface area contributed by atoms with Crippen molar-refractivity contribution in [1.82, 2.24) is 10.2 Å². The Kier molecular flexibility index (Phi) is 12.0. The number of esters is 3. The average Bonchev–Trinajstić information content (AvgIpc) is 3.28. The van der Waals surface area contributed by atoms with Gasteiger partial charge in [-0.3, -0.25) is 14.4 Å². The molecular weight excluding hydrogens is 535 g/mol. The number of methoxy groups -OCH3 is 1. The first-order valence-electron chi connectivity index (χ1n) is 12.3. The SMILES string of the molecule is CCOC(=O)CNP(=O)(NCC(=O)OCC)Oc1c(C/C=C(\C)CCC(=O)O)c(OC)c(C)c2c1C(=O)OC2. The molecule has 0 atom stereocenters. The van der Waals surface area contributed by atoms with E-state index >= 15 is 0 Å². The molecule has 0 aromatic heterocycles. The van der Waals surface area contributed by atoms with Gasteiger partial charge < -0.3 is 28.6 Å². The van der Waals surface area contributed by atoms with E-state index in [1.165, 1.54) is 7.11 Å². The number of hydrogen-bond acceptors (Lipinski definition) is 10. The molecule has 0 saturated heterocycles. The molecule has 39 heavy (non-hydrogen) atoms. The van der Waals surface area contributed by atoms with Crippen molar-refractivity contribution in [2.75, 3.05) is 33.4 Å². The summed E-state index contributed by atoms with van der Waals surface area (Å²) in [5, 5.41) is 13.9. The van der Waals surface area contributed by atoms with Crippen molar-refractivity contribution in [2.45, 2.75) is 53.6 Å². The quantitative estimate of drug-likeness (QED) is 0.115. The van der Waals surface area contributed by atoms with Crippen molar-refractivity contribution in [1.29, 1.82) is 0 Å². The van der Waals surface area contributed by atoms with E-state index in [4.69, 9.17) is 28.6 Å². The van der Waals surface area contributed by atoms with E-state index in [1.54, 1.807) is 33.8 Å². The van der Waals surface area contributed by atoms with Crippen LogP contribution in [-0.4, -0.2) is 62.4 Å². The molecule has 1 aliphatic rings. The van der Waals surface area contributed by atoms with Crippen LogP contribution in [0.3, 0.4) is 0 Å². The Balaban J connectivity index is 2.59. The van der Waals surface area contributed by atoms with E-state index in [0.717, 1.165) is 5.57 Å². The zero-order valence-electron chi connectivity index (χ0n) is 22.7. The van der Waals surface area contributed by atoms with Crippen LogP contribution in [0.4, 0.5) is 0 Å². The van der Waals surface area contributed by atoms with Crippen molar-refractivity contribution >= 4 is 31.5 Å². The number of ether oxygens (including phenoxy) is 4. The van der Waals surface area contributed by atoms with Crippen LogP contribution < -0.4 is 19.4 Å². The van der Waals surface area contributed by atoms with Crippen molar-refractivity contribution in [3.05, 3.63) is 33.9 Å². The van der Waals surface area contributed by atoms with Gasteiger partial charge in [-0.25, -0.2) is 19.5 Å². The van der Waals surface area contributed by atoms with Crippen molar-refractivity contribution < 1.29 is 52.3 Å². The van der Waals surface area contributed by atoms with Gasteiger partial charge >= 0.3 is 31.5 Å². The molecule has 14 heteroatoms. The standard InChI is InChI=1S/C25H35N2O11P/c1-6-35-20(30)12-26-39(33,27-13-21(31)36-7-2)38-24-17(10-8-15(3)9-11-19(28)29)23(34-5)16(4)18-14-37-25(32)22(18)24/h8H,6-7,9-14H2,1-5H3,(H,28,29)(H2,26,27,33)/b15-8+. The fraction of sp³-hybridized carbons (Fsp3) is 0.520. The van der Waals surface area contributed by atoms with E-state index < -0.39 is 44.6 Å². The molecule has 0 aliphatic carbocycles. The van der Waals surface area contributed by atoms with Gasteiger partial charge in [0.05, 0.1) is 20.3 Å². The van der Waals surface area contributed by atoms with Crippen LogP contribution in [0.25, 0.3) is 0 Å². The Labute approximate surface area is 226 Å². The van der Waals surface area contributed by atoms with E-state index in [2.05, 4.69) is 10.2 Å². The molecule has 0 radical (unpaired) electrons. The van der Waals surface area contributed by atoms with Crippen LogP contribution in [-0.2, 0) is 46.2 Å². The van der Waals surface area contributed by atoms with Crippen LogP contribution in [0.2, 0.25) is 0 Å². The summed E-state index contributed by atoms with van der Waals surface area (Å²) in [6.07, 6.45) is 2.10. The fourth-order valence-electron chi connectivity index (χ4n) is 3.80. The Morgan fingerprint density at radius 2 is 1.64 bits per heavy atom. The van der Waals surface area contributed by atoms with E-state index in [1.807, 2.05) is 0 Å². The zero-order chi connectivity index (χ0) is 29.2. The highest BCUT2D eigenvalue weighted by Crippen LogP contribution is 2.49. The lowest BCUT2D eigenvalue weighted by Gasteiger charge is -2.25. The van der Waals surface area contributed by atoms with Gasteiger partial charge in [-0.15, -0.1) is 0 Å². The van der Waals surface area contributed by atoms with Crippen LogP contribution in [0, 0.1) is 6.92 Å². The maximum atomic E-state index is 13.9. The molecule has 13 nitrogen and oxygen atoms in total. The number of aliphatic carboxylic acids is 1. The smallest absolute Gasteiger partial charge is 0.391 e. The lowest BCUT2D eigenvalue weighted by Crippen LogP contribution is -2.34. The molecule has 0 spiro atoms. The van der Waals surface area contributed by atoms with Crippen LogP contribution in [0.5, 0.6) is 11.5 Å². The van der Waals surface area contributed by atoms with Crippen LogP contribution >= 0.6 is 7.67 Å². The summed E-state index contributed by atoms with van der Waals surface area (Å²) < 4.78 is 40.5. The number of cyclic esters (lactones) is 1. The summed E-state index contributed by atoms with van der Waals surface area (Å²) in [5.41, 5.74) is 2.24. The second-order valence-corrected chi connectivity index (χ2v) is 10.4. The molecule has 1 heterocycles. The minimum atomic E-state index is -4.26. The highest BCUT2D eigenvalue weighted by molar-refractivity contribution is 7.55. The minimum absolute atomic E-state index is 0.0379. The summed E-state index contributed by atoms with van der Waals surface area (Å²) >= 11 is 0. The minimum Gasteiger partial charge on any atom is -0.496 e. The topological polar surface area (TPSA) is 176 Å². The van der Waals surface area contributed by atoms with Gasteiger partial charge in [-0.1, -0.05) is 11.6 Å². The van der Waals surface area contributed by atoms with Gasteiger partial charge in [-0.05, 0) is 46.1 Å². The highest BCUT2D eigenvalue weighted by atomic mass is 31.2. The summed E-state index contributed by atoms with van der Waals surface area (Å²) in [4.78, 5) is 47.8. The number of rotatable bonds is 16. The summed E-state index contributed by atoms with van der Waals surface area (Å²) in [5.74, 6) is -2.85. The maximum absolute atomic E-state index is 13.9. The largest absolute Gasteiger partial charge is 0.496 e. The number of carbonyl (C=O) groups is 4. The Hall–Kier alpha value is -3.41. The number of carbonyl (C=O) groups excluding carboxylic acids is 3. The van der Waals surface area contributed by atoms with Gasteiger partial charge in [0.15, 0.2) is 5.75 Å². The van der Waals surface area contributed by atoms with E-state index in [9.17, 15) is 23.7 Å². The number of nitrogens with one attached hydrogen (secondary N) is 2. The molecule has 2 rings (SSSR count). The number of allylic oxidation sites excluding steroid dienone is 2. The highest BCUT2D eigenvalue weighted by Gasteiger charge is 2.37. The number of benzene rings is 1. The number of hydrogen-bond donors (Lipinski definition) is 3. The van der Waals surface area contributed by atoms with Gasteiger partial charge in [-0.2, -0.15) is 0 Å². The molecule has 0 unspecified atom stereocenters. The molecule has 0 fully saturated rings. The number of carboxylic acids is 1. The van der Waals surface area contributed by atoms with Gasteiger partial charge in [0.2, 0.25) is 0 Å². The third kappa shape index (κ3) is 8.81. The van der Waals surface area contributed by atoms with Crippen molar-refractivity contribution in [2.24, 2.45) is 0 Å². The van der Waals surface area contributed by atoms with Crippen LogP contribution in [0.15, 0.2) is 11.6 Å². The number of carboxylic acid groups (broad SMARTS) is 1.